The molecule has 0 bridgehead atoms. The van der Waals surface area contributed by atoms with Gasteiger partial charge in [0, 0.05) is 17.8 Å². The zero-order chi connectivity index (χ0) is 17.7. The van der Waals surface area contributed by atoms with Crippen molar-refractivity contribution in [3.05, 3.63) is 65.7 Å². The standard InChI is InChI=1S/C18H22N2O3S.ClH/c1-14(20(2)13-15-8-5-4-6-9-15)18(21)16-10-7-11-17(12-16)19-24(3,22)23;/h4-12,14,19H,13H2,1-3H3;1H. The van der Waals surface area contributed by atoms with E-state index in [9.17, 15) is 13.2 Å². The van der Waals surface area contributed by atoms with Gasteiger partial charge in [0.25, 0.3) is 0 Å². The van der Waals surface area contributed by atoms with E-state index in [0.29, 0.717) is 17.8 Å². The number of anilines is 1. The minimum atomic E-state index is -3.37. The van der Waals surface area contributed by atoms with Crippen molar-refractivity contribution in [3.8, 4) is 0 Å². The van der Waals surface area contributed by atoms with Crippen LogP contribution in [0.3, 0.4) is 0 Å². The minimum Gasteiger partial charge on any atom is -0.292 e. The maximum absolute atomic E-state index is 12.7. The highest BCUT2D eigenvalue weighted by molar-refractivity contribution is 7.92. The molecule has 1 N–H and O–H groups in total. The van der Waals surface area contributed by atoms with E-state index in [4.69, 9.17) is 0 Å². The van der Waals surface area contributed by atoms with Crippen LogP contribution in [0.5, 0.6) is 0 Å². The second-order valence-corrected chi connectivity index (χ2v) is 7.64. The number of sulfonamides is 1. The molecule has 0 aliphatic rings. The van der Waals surface area contributed by atoms with Crippen molar-refractivity contribution < 1.29 is 13.2 Å². The smallest absolute Gasteiger partial charge is 0.229 e. The molecule has 136 valence electrons. The summed E-state index contributed by atoms with van der Waals surface area (Å²) in [6.45, 7) is 2.51. The Hall–Kier alpha value is -1.89. The van der Waals surface area contributed by atoms with E-state index >= 15 is 0 Å². The van der Waals surface area contributed by atoms with Crippen LogP contribution in [0.4, 0.5) is 5.69 Å². The normalized spacial score (nSPS) is 12.3. The number of ketones is 1. The minimum absolute atomic E-state index is 0. The molecule has 1 atom stereocenters. The third kappa shape index (κ3) is 6.49. The average molecular weight is 383 g/mol. The number of Topliss-reactive ketones (excluding diaryl/α,β-unsaturated/α-hetero) is 1. The number of rotatable bonds is 7. The zero-order valence-corrected chi connectivity index (χ0v) is 16.1. The van der Waals surface area contributed by atoms with Crippen molar-refractivity contribution in [3.63, 3.8) is 0 Å². The molecule has 0 heterocycles. The predicted molar refractivity (Wildman–Crippen MR) is 104 cm³/mol. The van der Waals surface area contributed by atoms with Crippen LogP contribution in [-0.4, -0.2) is 38.4 Å². The van der Waals surface area contributed by atoms with Crippen LogP contribution in [0.25, 0.3) is 0 Å². The van der Waals surface area contributed by atoms with Crippen molar-refractivity contribution in [1.29, 1.82) is 0 Å². The fourth-order valence-electron chi connectivity index (χ4n) is 2.40. The molecular weight excluding hydrogens is 360 g/mol. The number of hydrogen-bond donors (Lipinski definition) is 1. The molecule has 0 aliphatic heterocycles. The van der Waals surface area contributed by atoms with E-state index in [1.807, 2.05) is 49.2 Å². The number of nitrogens with zero attached hydrogens (tertiary/aromatic N) is 1. The quantitative estimate of drug-likeness (QED) is 0.747. The fraction of sp³-hybridized carbons (Fsp3) is 0.278. The molecular formula is C18H23ClN2O3S. The molecule has 7 heteroatoms. The number of carbonyl (C=O) groups excluding carboxylic acids is 1. The fourth-order valence-corrected chi connectivity index (χ4v) is 2.95. The molecule has 2 aromatic rings. The summed E-state index contributed by atoms with van der Waals surface area (Å²) in [5.41, 5.74) is 2.00. The van der Waals surface area contributed by atoms with E-state index < -0.39 is 10.0 Å². The molecule has 0 saturated carbocycles. The van der Waals surface area contributed by atoms with Crippen LogP contribution in [0, 0.1) is 0 Å². The van der Waals surface area contributed by atoms with Gasteiger partial charge in [-0.15, -0.1) is 12.4 Å². The lowest BCUT2D eigenvalue weighted by Gasteiger charge is -2.24. The summed E-state index contributed by atoms with van der Waals surface area (Å²) in [5, 5.41) is 0. The Morgan fingerprint density at radius 1 is 1.12 bits per heavy atom. The summed E-state index contributed by atoms with van der Waals surface area (Å²) >= 11 is 0. The number of halogens is 1. The Morgan fingerprint density at radius 3 is 2.36 bits per heavy atom. The monoisotopic (exact) mass is 382 g/mol. The topological polar surface area (TPSA) is 66.5 Å². The number of likely N-dealkylation sites (N-methyl/N-ethyl adjacent to an activating group) is 1. The first-order chi connectivity index (χ1) is 11.3. The molecule has 0 aliphatic carbocycles. The Bertz CT molecular complexity index is 810. The van der Waals surface area contributed by atoms with Crippen LogP contribution in [0.1, 0.15) is 22.8 Å². The summed E-state index contributed by atoms with van der Waals surface area (Å²) < 4.78 is 25.0. The van der Waals surface area contributed by atoms with Gasteiger partial charge >= 0.3 is 0 Å². The Balaban J connectivity index is 0.00000312. The van der Waals surface area contributed by atoms with Gasteiger partial charge < -0.3 is 0 Å². The lowest BCUT2D eigenvalue weighted by atomic mass is 10.0. The van der Waals surface area contributed by atoms with Gasteiger partial charge in [0.1, 0.15) is 0 Å². The lowest BCUT2D eigenvalue weighted by molar-refractivity contribution is 0.0862. The van der Waals surface area contributed by atoms with Gasteiger partial charge in [-0.1, -0.05) is 42.5 Å². The Labute approximate surface area is 155 Å². The van der Waals surface area contributed by atoms with Crippen LogP contribution in [0.15, 0.2) is 54.6 Å². The van der Waals surface area contributed by atoms with E-state index in [1.165, 1.54) is 0 Å². The van der Waals surface area contributed by atoms with Gasteiger partial charge in [0.2, 0.25) is 10.0 Å². The third-order valence-corrected chi connectivity index (χ3v) is 4.37. The van der Waals surface area contributed by atoms with E-state index in [0.717, 1.165) is 11.8 Å². The highest BCUT2D eigenvalue weighted by atomic mass is 35.5. The zero-order valence-electron chi connectivity index (χ0n) is 14.5. The summed E-state index contributed by atoms with van der Waals surface area (Å²) in [6, 6.07) is 16.2. The summed E-state index contributed by atoms with van der Waals surface area (Å²) in [5.74, 6) is -0.0504. The number of nitrogens with one attached hydrogen (secondary N) is 1. The molecule has 25 heavy (non-hydrogen) atoms. The summed E-state index contributed by atoms with van der Waals surface area (Å²) in [6.07, 6.45) is 1.08. The van der Waals surface area contributed by atoms with Gasteiger partial charge in [-0.2, -0.15) is 0 Å². The van der Waals surface area contributed by atoms with Gasteiger partial charge in [-0.05, 0) is 31.7 Å². The van der Waals surface area contributed by atoms with E-state index in [1.54, 1.807) is 24.3 Å². The highest BCUT2D eigenvalue weighted by Gasteiger charge is 2.20. The van der Waals surface area contributed by atoms with Crippen LogP contribution >= 0.6 is 12.4 Å². The van der Waals surface area contributed by atoms with E-state index in [2.05, 4.69) is 4.72 Å². The molecule has 0 fully saturated rings. The molecule has 0 aromatic heterocycles. The predicted octanol–water partition coefficient (Wildman–Crippen LogP) is 3.18. The van der Waals surface area contributed by atoms with Crippen molar-refractivity contribution in [2.24, 2.45) is 0 Å². The molecule has 2 aromatic carbocycles. The third-order valence-electron chi connectivity index (χ3n) is 3.77. The van der Waals surface area contributed by atoms with Gasteiger partial charge in [-0.25, -0.2) is 8.42 Å². The Kier molecular flexibility index (Phi) is 7.60. The largest absolute Gasteiger partial charge is 0.292 e. The van der Waals surface area contributed by atoms with Gasteiger partial charge in [0.15, 0.2) is 5.78 Å². The van der Waals surface area contributed by atoms with Crippen molar-refractivity contribution in [2.45, 2.75) is 19.5 Å². The summed E-state index contributed by atoms with van der Waals surface area (Å²) in [4.78, 5) is 14.6. The first-order valence-corrected chi connectivity index (χ1v) is 9.51. The van der Waals surface area contributed by atoms with Crippen molar-refractivity contribution >= 4 is 33.9 Å². The second-order valence-electron chi connectivity index (χ2n) is 5.90. The number of hydrogen-bond acceptors (Lipinski definition) is 4. The molecule has 0 amide bonds. The Morgan fingerprint density at radius 2 is 1.76 bits per heavy atom. The van der Waals surface area contributed by atoms with Crippen LogP contribution in [-0.2, 0) is 16.6 Å². The maximum atomic E-state index is 12.7. The SMILES string of the molecule is CC(C(=O)c1cccc(NS(C)(=O)=O)c1)N(C)Cc1ccccc1.Cl. The first-order valence-electron chi connectivity index (χ1n) is 7.62. The molecule has 0 saturated heterocycles. The highest BCUT2D eigenvalue weighted by Crippen LogP contribution is 2.16. The molecule has 5 nitrogen and oxygen atoms in total. The molecule has 0 spiro atoms. The van der Waals surface area contributed by atoms with Crippen LogP contribution in [0.2, 0.25) is 0 Å². The second kappa shape index (κ2) is 8.99. The van der Waals surface area contributed by atoms with Crippen molar-refractivity contribution in [1.82, 2.24) is 4.90 Å². The van der Waals surface area contributed by atoms with Crippen molar-refractivity contribution in [2.75, 3.05) is 18.0 Å². The van der Waals surface area contributed by atoms with Gasteiger partial charge in [-0.3, -0.25) is 14.4 Å². The molecule has 1 unspecified atom stereocenters. The number of carbonyl (C=O) groups is 1. The average Bonchev–Trinajstić information content (AvgIpc) is 2.53. The van der Waals surface area contributed by atoms with Gasteiger partial charge in [0.05, 0.1) is 12.3 Å². The molecule has 2 rings (SSSR count). The summed E-state index contributed by atoms with van der Waals surface area (Å²) in [7, 11) is -1.47. The lowest BCUT2D eigenvalue weighted by Crippen LogP contribution is -2.35. The molecule has 0 radical (unpaired) electrons. The van der Waals surface area contributed by atoms with Crippen LogP contribution < -0.4 is 4.72 Å². The number of benzene rings is 2. The maximum Gasteiger partial charge on any atom is 0.229 e. The first kappa shape index (κ1) is 21.2. The van der Waals surface area contributed by atoms with E-state index in [-0.39, 0.29) is 24.2 Å².